The molecule has 0 saturated carbocycles. The molecule has 1 atom stereocenters. The van der Waals surface area contributed by atoms with Crippen molar-refractivity contribution in [3.05, 3.63) is 22.7 Å². The highest BCUT2D eigenvalue weighted by atomic mass is 35.5. The molecule has 1 unspecified atom stereocenters. The highest BCUT2D eigenvalue weighted by Crippen LogP contribution is 2.37. The number of nitrogens with zero attached hydrogens (tertiary/aromatic N) is 1. The van der Waals surface area contributed by atoms with Crippen molar-refractivity contribution in [3.8, 4) is 17.6 Å². The van der Waals surface area contributed by atoms with Crippen LogP contribution in [0.15, 0.2) is 12.1 Å². The van der Waals surface area contributed by atoms with Crippen molar-refractivity contribution >= 4 is 11.6 Å². The molecule has 0 fully saturated rings. The number of ether oxygens (including phenoxy) is 2. The summed E-state index contributed by atoms with van der Waals surface area (Å²) in [5, 5.41) is 9.23. The van der Waals surface area contributed by atoms with E-state index in [2.05, 4.69) is 6.07 Å². The Bertz CT molecular complexity index is 426. The summed E-state index contributed by atoms with van der Waals surface area (Å²) in [5.41, 5.74) is 0.986. The Hall–Kier alpha value is -1.40. The second-order valence-electron chi connectivity index (χ2n) is 3.83. The predicted molar refractivity (Wildman–Crippen MR) is 67.8 cm³/mol. The Morgan fingerprint density at radius 2 is 1.88 bits per heavy atom. The fourth-order valence-corrected chi connectivity index (χ4v) is 2.02. The summed E-state index contributed by atoms with van der Waals surface area (Å²) in [6.45, 7) is 2.05. The van der Waals surface area contributed by atoms with Crippen LogP contribution in [0.5, 0.6) is 11.5 Å². The van der Waals surface area contributed by atoms with E-state index < -0.39 is 0 Å². The van der Waals surface area contributed by atoms with Crippen LogP contribution < -0.4 is 9.47 Å². The van der Waals surface area contributed by atoms with Crippen molar-refractivity contribution in [1.29, 1.82) is 5.26 Å². The molecule has 3 nitrogen and oxygen atoms in total. The van der Waals surface area contributed by atoms with E-state index in [4.69, 9.17) is 26.3 Å². The van der Waals surface area contributed by atoms with Crippen LogP contribution in [0.4, 0.5) is 0 Å². The third kappa shape index (κ3) is 3.28. The van der Waals surface area contributed by atoms with Gasteiger partial charge in [0.25, 0.3) is 0 Å². The molecule has 4 heteroatoms. The first-order valence-electron chi connectivity index (χ1n) is 5.42. The molecule has 1 aromatic carbocycles. The zero-order valence-corrected chi connectivity index (χ0v) is 11.0. The summed E-state index contributed by atoms with van der Waals surface area (Å²) in [6, 6.07) is 5.77. The zero-order valence-electron chi connectivity index (χ0n) is 10.3. The molecule has 17 heavy (non-hydrogen) atoms. The number of methoxy groups -OCH3 is 2. The molecule has 0 aliphatic heterocycles. The molecule has 0 radical (unpaired) electrons. The molecule has 0 N–H and O–H groups in total. The molecule has 0 spiro atoms. The van der Waals surface area contributed by atoms with Crippen LogP contribution in [0.2, 0.25) is 5.02 Å². The standard InChI is InChI=1S/C13H16ClNO2/c1-9(5-4-6-15)10-7-12(16-2)13(17-3)8-11(10)14/h7-9H,4-5H2,1-3H3. The van der Waals surface area contributed by atoms with E-state index >= 15 is 0 Å². The summed E-state index contributed by atoms with van der Waals surface area (Å²) in [7, 11) is 3.17. The van der Waals surface area contributed by atoms with Gasteiger partial charge in [-0.2, -0.15) is 5.26 Å². The van der Waals surface area contributed by atoms with E-state index in [1.807, 2.05) is 13.0 Å². The van der Waals surface area contributed by atoms with Crippen LogP contribution in [0.25, 0.3) is 0 Å². The molecule has 0 saturated heterocycles. The lowest BCUT2D eigenvalue weighted by molar-refractivity contribution is 0.354. The normalized spacial score (nSPS) is 11.7. The van der Waals surface area contributed by atoms with Gasteiger partial charge >= 0.3 is 0 Å². The van der Waals surface area contributed by atoms with E-state index in [-0.39, 0.29) is 5.92 Å². The van der Waals surface area contributed by atoms with Crippen LogP contribution in [0.3, 0.4) is 0 Å². The number of benzene rings is 1. The lowest BCUT2D eigenvalue weighted by atomic mass is 9.96. The number of halogens is 1. The molecule has 0 bridgehead atoms. The summed E-state index contributed by atoms with van der Waals surface area (Å²) >= 11 is 6.19. The van der Waals surface area contributed by atoms with E-state index in [1.54, 1.807) is 20.3 Å². The summed E-state index contributed by atoms with van der Waals surface area (Å²) < 4.78 is 10.4. The summed E-state index contributed by atoms with van der Waals surface area (Å²) in [4.78, 5) is 0. The molecule has 0 aliphatic carbocycles. The largest absolute Gasteiger partial charge is 0.493 e. The van der Waals surface area contributed by atoms with Gasteiger partial charge in [0.05, 0.1) is 20.3 Å². The van der Waals surface area contributed by atoms with Crippen molar-refractivity contribution in [2.24, 2.45) is 0 Å². The minimum absolute atomic E-state index is 0.224. The van der Waals surface area contributed by atoms with E-state index in [1.165, 1.54) is 0 Å². The molecule has 0 amide bonds. The Morgan fingerprint density at radius 3 is 2.41 bits per heavy atom. The maximum Gasteiger partial charge on any atom is 0.162 e. The number of hydrogen-bond acceptors (Lipinski definition) is 3. The predicted octanol–water partition coefficient (Wildman–Crippen LogP) is 3.76. The first-order valence-corrected chi connectivity index (χ1v) is 5.80. The maximum atomic E-state index is 8.59. The van der Waals surface area contributed by atoms with Gasteiger partial charge in [-0.1, -0.05) is 18.5 Å². The van der Waals surface area contributed by atoms with Crippen molar-refractivity contribution in [1.82, 2.24) is 0 Å². The van der Waals surface area contributed by atoms with Crippen molar-refractivity contribution in [3.63, 3.8) is 0 Å². The summed E-state index contributed by atoms with van der Waals surface area (Å²) in [6.07, 6.45) is 1.30. The molecular weight excluding hydrogens is 238 g/mol. The van der Waals surface area contributed by atoms with Gasteiger partial charge in [0, 0.05) is 17.5 Å². The van der Waals surface area contributed by atoms with Crippen molar-refractivity contribution in [2.75, 3.05) is 14.2 Å². The second kappa shape index (κ2) is 6.36. The maximum absolute atomic E-state index is 8.59. The second-order valence-corrected chi connectivity index (χ2v) is 4.23. The molecule has 0 aromatic heterocycles. The van der Waals surface area contributed by atoms with Gasteiger partial charge in [-0.15, -0.1) is 0 Å². The number of nitriles is 1. The topological polar surface area (TPSA) is 42.2 Å². The first-order chi connectivity index (χ1) is 8.13. The van der Waals surface area contributed by atoms with E-state index in [9.17, 15) is 0 Å². The Morgan fingerprint density at radius 1 is 1.29 bits per heavy atom. The lowest BCUT2D eigenvalue weighted by Gasteiger charge is -2.15. The average molecular weight is 254 g/mol. The van der Waals surface area contributed by atoms with Gasteiger partial charge in [0.1, 0.15) is 0 Å². The average Bonchev–Trinajstić information content (AvgIpc) is 2.35. The zero-order chi connectivity index (χ0) is 12.8. The lowest BCUT2D eigenvalue weighted by Crippen LogP contribution is -1.98. The fourth-order valence-electron chi connectivity index (χ4n) is 1.68. The SMILES string of the molecule is COc1cc(Cl)c(C(C)CCC#N)cc1OC. The van der Waals surface area contributed by atoms with Gasteiger partial charge in [-0.05, 0) is 24.0 Å². The molecule has 0 heterocycles. The van der Waals surface area contributed by atoms with Gasteiger partial charge in [-0.3, -0.25) is 0 Å². The van der Waals surface area contributed by atoms with Crippen molar-refractivity contribution < 1.29 is 9.47 Å². The third-order valence-corrected chi connectivity index (χ3v) is 3.05. The van der Waals surface area contributed by atoms with E-state index in [0.29, 0.717) is 22.9 Å². The fraction of sp³-hybridized carbons (Fsp3) is 0.462. The molecule has 92 valence electrons. The van der Waals surface area contributed by atoms with Crippen LogP contribution in [0, 0.1) is 11.3 Å². The third-order valence-electron chi connectivity index (χ3n) is 2.72. The smallest absolute Gasteiger partial charge is 0.162 e. The quantitative estimate of drug-likeness (QED) is 0.802. The first kappa shape index (κ1) is 13.7. The van der Waals surface area contributed by atoms with Crippen LogP contribution in [-0.4, -0.2) is 14.2 Å². The Balaban J connectivity index is 3.04. The molecule has 1 rings (SSSR count). The Labute approximate surface area is 107 Å². The number of rotatable bonds is 5. The van der Waals surface area contributed by atoms with Crippen LogP contribution in [0.1, 0.15) is 31.2 Å². The van der Waals surface area contributed by atoms with Gasteiger partial charge < -0.3 is 9.47 Å². The highest BCUT2D eigenvalue weighted by molar-refractivity contribution is 6.31. The molecule has 1 aromatic rings. The highest BCUT2D eigenvalue weighted by Gasteiger charge is 2.14. The van der Waals surface area contributed by atoms with Gasteiger partial charge in [0.15, 0.2) is 11.5 Å². The van der Waals surface area contributed by atoms with E-state index in [0.717, 1.165) is 12.0 Å². The molecular formula is C13H16ClNO2. The Kier molecular flexibility index (Phi) is 5.11. The van der Waals surface area contributed by atoms with Crippen LogP contribution >= 0.6 is 11.6 Å². The number of hydrogen-bond donors (Lipinski definition) is 0. The van der Waals surface area contributed by atoms with Gasteiger partial charge in [0.2, 0.25) is 0 Å². The van der Waals surface area contributed by atoms with Gasteiger partial charge in [-0.25, -0.2) is 0 Å². The molecule has 0 aliphatic rings. The minimum atomic E-state index is 0.224. The summed E-state index contributed by atoms with van der Waals surface area (Å²) in [5.74, 6) is 1.51. The van der Waals surface area contributed by atoms with Crippen molar-refractivity contribution in [2.45, 2.75) is 25.7 Å². The monoisotopic (exact) mass is 253 g/mol. The minimum Gasteiger partial charge on any atom is -0.493 e. The van der Waals surface area contributed by atoms with Crippen LogP contribution in [-0.2, 0) is 0 Å².